The number of carboxylic acid groups (broad SMARTS) is 1. The summed E-state index contributed by atoms with van der Waals surface area (Å²) in [5.41, 5.74) is -2.70. The van der Waals surface area contributed by atoms with Gasteiger partial charge in [0.2, 0.25) is 0 Å². The van der Waals surface area contributed by atoms with Crippen molar-refractivity contribution in [3.8, 4) is 0 Å². The van der Waals surface area contributed by atoms with E-state index in [9.17, 15) is 19.2 Å². The van der Waals surface area contributed by atoms with Crippen LogP contribution >= 0.6 is 0 Å². The third-order valence-electron chi connectivity index (χ3n) is 7.06. The van der Waals surface area contributed by atoms with Gasteiger partial charge in [-0.1, -0.05) is 18.2 Å². The molecule has 1 unspecified atom stereocenters. The summed E-state index contributed by atoms with van der Waals surface area (Å²) in [6, 6.07) is 0. The van der Waals surface area contributed by atoms with Gasteiger partial charge < -0.3 is 19.3 Å². The lowest BCUT2D eigenvalue weighted by molar-refractivity contribution is -0.235. The molecule has 8 heteroatoms. The van der Waals surface area contributed by atoms with Gasteiger partial charge in [0.15, 0.2) is 0 Å². The van der Waals surface area contributed by atoms with Crippen molar-refractivity contribution in [2.75, 3.05) is 6.61 Å². The van der Waals surface area contributed by atoms with Gasteiger partial charge in [0.1, 0.15) is 16.6 Å². The Morgan fingerprint density at radius 3 is 2.62 bits per heavy atom. The molecule has 1 N–H and O–H groups in total. The quantitative estimate of drug-likeness (QED) is 0.286. The van der Waals surface area contributed by atoms with E-state index in [1.165, 1.54) is 19.9 Å². The lowest BCUT2D eigenvalue weighted by Gasteiger charge is -2.54. The van der Waals surface area contributed by atoms with Gasteiger partial charge >= 0.3 is 23.9 Å². The number of carboxylic acids is 1. The summed E-state index contributed by atoms with van der Waals surface area (Å²) in [7, 11) is 0. The molecule has 32 heavy (non-hydrogen) atoms. The van der Waals surface area contributed by atoms with Crippen LogP contribution in [0.15, 0.2) is 35.5 Å². The number of allylic oxidation sites excluding steroid dienone is 3. The Bertz CT molecular complexity index is 928. The lowest BCUT2D eigenvalue weighted by atomic mass is 9.62. The molecule has 3 aliphatic rings. The SMILES string of the molecule is CCOC(=O)C1=CC[C@]23CC[C@H](C(C)(/C=C/C=C(\C)C(=O)O)OC2=O)[C@]3(OC(C)=O)CC1. The van der Waals surface area contributed by atoms with Crippen LogP contribution in [0.2, 0.25) is 0 Å². The number of rotatable bonds is 6. The van der Waals surface area contributed by atoms with Crippen LogP contribution in [0.1, 0.15) is 59.8 Å². The number of hydrogen-bond acceptors (Lipinski definition) is 7. The number of cyclic esters (lactones) is 1. The standard InChI is InChI=1S/C24H30O8/c1-5-30-20(28)17-8-12-23-13-10-18(24(23,14-9-17)31-16(3)25)22(4,32-21(23)29)11-6-7-15(2)19(26)27/h6-8,11,18H,5,9-10,12-14H2,1-4H3,(H,26,27)/b11-6+,15-7+/t18-,22?,23+,24-/m1/s1. The van der Waals surface area contributed by atoms with Gasteiger partial charge in [0.05, 0.1) is 6.61 Å². The van der Waals surface area contributed by atoms with E-state index in [4.69, 9.17) is 19.3 Å². The number of ether oxygens (including phenoxy) is 3. The maximum absolute atomic E-state index is 13.5. The normalized spacial score (nSPS) is 34.2. The molecule has 8 nitrogen and oxygen atoms in total. The van der Waals surface area contributed by atoms with Crippen LogP contribution in [0.25, 0.3) is 0 Å². The summed E-state index contributed by atoms with van der Waals surface area (Å²) in [4.78, 5) is 49.2. The minimum Gasteiger partial charge on any atom is -0.478 e. The first-order valence-electron chi connectivity index (χ1n) is 10.9. The third kappa shape index (κ3) is 3.76. The Morgan fingerprint density at radius 1 is 1.28 bits per heavy atom. The van der Waals surface area contributed by atoms with Crippen molar-refractivity contribution in [2.24, 2.45) is 11.3 Å². The smallest absolute Gasteiger partial charge is 0.333 e. The summed E-state index contributed by atoms with van der Waals surface area (Å²) < 4.78 is 17.1. The molecule has 0 spiro atoms. The fraction of sp³-hybridized carbons (Fsp3) is 0.583. The van der Waals surface area contributed by atoms with E-state index >= 15 is 0 Å². The van der Waals surface area contributed by atoms with Crippen LogP contribution in [-0.4, -0.2) is 46.8 Å². The van der Waals surface area contributed by atoms with Crippen LogP contribution in [-0.2, 0) is 33.4 Å². The molecule has 4 atom stereocenters. The summed E-state index contributed by atoms with van der Waals surface area (Å²) in [6.45, 7) is 6.51. The molecule has 1 saturated heterocycles. The van der Waals surface area contributed by atoms with Crippen molar-refractivity contribution in [3.05, 3.63) is 35.5 Å². The van der Waals surface area contributed by atoms with Gasteiger partial charge in [0, 0.05) is 24.0 Å². The number of esters is 3. The third-order valence-corrected chi connectivity index (χ3v) is 7.06. The highest BCUT2D eigenvalue weighted by Gasteiger charge is 2.74. The molecule has 0 aromatic carbocycles. The zero-order valence-corrected chi connectivity index (χ0v) is 18.9. The monoisotopic (exact) mass is 446 g/mol. The fourth-order valence-electron chi connectivity index (χ4n) is 5.54. The highest BCUT2D eigenvalue weighted by Crippen LogP contribution is 2.65. The van der Waals surface area contributed by atoms with Crippen molar-refractivity contribution in [1.82, 2.24) is 0 Å². The second-order valence-electron chi connectivity index (χ2n) is 8.90. The Morgan fingerprint density at radius 2 is 2.00 bits per heavy atom. The average molecular weight is 446 g/mol. The topological polar surface area (TPSA) is 116 Å². The van der Waals surface area contributed by atoms with Gasteiger partial charge in [-0.3, -0.25) is 9.59 Å². The largest absolute Gasteiger partial charge is 0.478 e. The highest BCUT2D eigenvalue weighted by atomic mass is 16.6. The van der Waals surface area contributed by atoms with Gasteiger partial charge in [-0.25, -0.2) is 9.59 Å². The van der Waals surface area contributed by atoms with E-state index in [0.717, 1.165) is 0 Å². The second kappa shape index (κ2) is 8.56. The van der Waals surface area contributed by atoms with Gasteiger partial charge in [0.25, 0.3) is 0 Å². The second-order valence-corrected chi connectivity index (χ2v) is 8.90. The number of aliphatic carboxylic acids is 1. The van der Waals surface area contributed by atoms with Crippen LogP contribution in [0.3, 0.4) is 0 Å². The maximum Gasteiger partial charge on any atom is 0.333 e. The molecular formula is C24H30O8. The predicted octanol–water partition coefficient (Wildman–Crippen LogP) is 3.26. The summed E-state index contributed by atoms with van der Waals surface area (Å²) in [5, 5.41) is 9.07. The number of carbonyl (C=O) groups is 4. The molecule has 174 valence electrons. The maximum atomic E-state index is 13.5. The van der Waals surface area contributed by atoms with E-state index in [2.05, 4.69) is 0 Å². The summed E-state index contributed by atoms with van der Waals surface area (Å²) in [5.74, 6) is -2.79. The summed E-state index contributed by atoms with van der Waals surface area (Å²) >= 11 is 0. The van der Waals surface area contributed by atoms with Gasteiger partial charge in [-0.2, -0.15) is 0 Å². The minimum absolute atomic E-state index is 0.139. The van der Waals surface area contributed by atoms with Crippen molar-refractivity contribution in [1.29, 1.82) is 0 Å². The molecule has 0 aromatic heterocycles. The Kier molecular flexibility index (Phi) is 6.36. The van der Waals surface area contributed by atoms with E-state index in [-0.39, 0.29) is 24.5 Å². The van der Waals surface area contributed by atoms with Crippen molar-refractivity contribution >= 4 is 23.9 Å². The number of carbonyl (C=O) groups excluding carboxylic acids is 3. The zero-order chi connectivity index (χ0) is 23.7. The summed E-state index contributed by atoms with van der Waals surface area (Å²) in [6.07, 6.45) is 8.26. The Balaban J connectivity index is 2.05. The van der Waals surface area contributed by atoms with E-state index in [0.29, 0.717) is 31.3 Å². The molecule has 1 saturated carbocycles. The van der Waals surface area contributed by atoms with Crippen molar-refractivity contribution in [3.63, 3.8) is 0 Å². The van der Waals surface area contributed by atoms with Crippen molar-refractivity contribution < 1.29 is 38.5 Å². The van der Waals surface area contributed by atoms with Crippen LogP contribution in [0.4, 0.5) is 0 Å². The molecule has 0 radical (unpaired) electrons. The lowest BCUT2D eigenvalue weighted by Crippen LogP contribution is -2.65. The van der Waals surface area contributed by atoms with Gasteiger partial charge in [-0.05, 0) is 59.0 Å². The average Bonchev–Trinajstić information content (AvgIpc) is 2.84. The molecule has 3 rings (SSSR count). The Labute approximate surface area is 187 Å². The molecule has 2 bridgehead atoms. The van der Waals surface area contributed by atoms with E-state index < -0.39 is 40.5 Å². The van der Waals surface area contributed by atoms with Gasteiger partial charge in [-0.15, -0.1) is 0 Å². The van der Waals surface area contributed by atoms with Crippen molar-refractivity contribution in [2.45, 2.75) is 71.0 Å². The molecule has 2 aliphatic carbocycles. The van der Waals surface area contributed by atoms with Crippen LogP contribution < -0.4 is 0 Å². The predicted molar refractivity (Wildman–Crippen MR) is 113 cm³/mol. The highest BCUT2D eigenvalue weighted by molar-refractivity contribution is 5.90. The van der Waals surface area contributed by atoms with E-state index in [1.807, 2.05) is 0 Å². The first kappa shape index (κ1) is 23.8. The Hall–Kier alpha value is -2.90. The first-order chi connectivity index (χ1) is 15.0. The zero-order valence-electron chi connectivity index (χ0n) is 18.9. The minimum atomic E-state index is -1.14. The van der Waals surface area contributed by atoms with E-state index in [1.54, 1.807) is 32.1 Å². The molecule has 0 amide bonds. The fourth-order valence-corrected chi connectivity index (χ4v) is 5.54. The number of hydrogen-bond donors (Lipinski definition) is 1. The molecule has 1 heterocycles. The van der Waals surface area contributed by atoms with Crippen LogP contribution in [0.5, 0.6) is 0 Å². The molecule has 0 aromatic rings. The van der Waals surface area contributed by atoms with Crippen LogP contribution in [0, 0.1) is 11.3 Å². The molecule has 2 fully saturated rings. The first-order valence-corrected chi connectivity index (χ1v) is 10.9. The molecular weight excluding hydrogens is 416 g/mol. The molecule has 1 aliphatic heterocycles.